The third-order valence-corrected chi connectivity index (χ3v) is 6.46. The summed E-state index contributed by atoms with van der Waals surface area (Å²) in [5.74, 6) is 8.16. The molecule has 0 amide bonds. The summed E-state index contributed by atoms with van der Waals surface area (Å²) in [6.45, 7) is 0. The Kier molecular flexibility index (Phi) is 5.84. The van der Waals surface area contributed by atoms with Crippen LogP contribution in [0.5, 0.6) is 5.75 Å². The van der Waals surface area contributed by atoms with E-state index in [4.69, 9.17) is 22.2 Å². The SMILES string of the molecule is COc1ccc(-c2nnc(SCc3cc4ccc(SC)cc4nc3Cl)n2N)cc1. The molecule has 4 rings (SSSR count). The van der Waals surface area contributed by atoms with Gasteiger partial charge in [-0.2, -0.15) is 0 Å². The first-order valence-electron chi connectivity index (χ1n) is 8.70. The van der Waals surface area contributed by atoms with E-state index in [1.807, 2.05) is 36.6 Å². The zero-order valence-electron chi connectivity index (χ0n) is 15.8. The molecule has 0 spiro atoms. The van der Waals surface area contributed by atoms with Crippen LogP contribution in [-0.4, -0.2) is 33.2 Å². The normalized spacial score (nSPS) is 11.1. The van der Waals surface area contributed by atoms with Crippen LogP contribution in [0.15, 0.2) is 58.6 Å². The second-order valence-corrected chi connectivity index (χ2v) is 8.37. The van der Waals surface area contributed by atoms with Crippen molar-refractivity contribution in [2.75, 3.05) is 19.2 Å². The lowest BCUT2D eigenvalue weighted by Gasteiger charge is -2.07. The maximum Gasteiger partial charge on any atom is 0.210 e. The van der Waals surface area contributed by atoms with Crippen molar-refractivity contribution in [3.05, 3.63) is 59.2 Å². The molecule has 0 radical (unpaired) electrons. The van der Waals surface area contributed by atoms with Gasteiger partial charge in [-0.05, 0) is 48.7 Å². The minimum Gasteiger partial charge on any atom is -0.497 e. The average Bonchev–Trinajstić information content (AvgIpc) is 3.12. The second-order valence-electron chi connectivity index (χ2n) is 6.19. The highest BCUT2D eigenvalue weighted by molar-refractivity contribution is 7.98. The van der Waals surface area contributed by atoms with E-state index in [2.05, 4.69) is 33.4 Å². The summed E-state index contributed by atoms with van der Waals surface area (Å²) in [4.78, 5) is 5.70. The maximum absolute atomic E-state index is 6.42. The second kappa shape index (κ2) is 8.52. The van der Waals surface area contributed by atoms with Gasteiger partial charge in [-0.25, -0.2) is 9.66 Å². The largest absolute Gasteiger partial charge is 0.497 e. The molecule has 0 aliphatic heterocycles. The number of pyridine rings is 1. The van der Waals surface area contributed by atoms with E-state index < -0.39 is 0 Å². The smallest absolute Gasteiger partial charge is 0.210 e. The fourth-order valence-corrected chi connectivity index (χ4v) is 4.40. The van der Waals surface area contributed by atoms with Gasteiger partial charge in [0.2, 0.25) is 5.16 Å². The lowest BCUT2D eigenvalue weighted by molar-refractivity contribution is 0.415. The third-order valence-electron chi connectivity index (χ3n) is 4.42. The fraction of sp³-hybridized carbons (Fsp3) is 0.150. The molecular weight excluding hydrogens is 426 g/mol. The number of ether oxygens (including phenoxy) is 1. The van der Waals surface area contributed by atoms with Gasteiger partial charge in [-0.15, -0.1) is 22.0 Å². The molecule has 2 aromatic carbocycles. The number of halogens is 1. The van der Waals surface area contributed by atoms with Crippen LogP contribution in [0.1, 0.15) is 5.56 Å². The molecule has 0 aliphatic rings. The first-order valence-corrected chi connectivity index (χ1v) is 11.3. The van der Waals surface area contributed by atoms with Crippen molar-refractivity contribution < 1.29 is 4.74 Å². The van der Waals surface area contributed by atoms with Gasteiger partial charge in [0.1, 0.15) is 10.9 Å². The number of thioether (sulfide) groups is 2. The Labute approximate surface area is 181 Å². The Hall–Kier alpha value is -2.42. The molecule has 9 heteroatoms. The van der Waals surface area contributed by atoms with Gasteiger partial charge in [0.25, 0.3) is 0 Å². The quantitative estimate of drug-likeness (QED) is 0.258. The summed E-state index contributed by atoms with van der Waals surface area (Å²) < 4.78 is 6.67. The summed E-state index contributed by atoms with van der Waals surface area (Å²) in [7, 11) is 1.63. The molecule has 0 fully saturated rings. The molecule has 2 N–H and O–H groups in total. The van der Waals surface area contributed by atoms with E-state index in [0.717, 1.165) is 32.7 Å². The molecule has 4 aromatic rings. The van der Waals surface area contributed by atoms with E-state index in [9.17, 15) is 0 Å². The van der Waals surface area contributed by atoms with E-state index in [1.165, 1.54) is 16.4 Å². The van der Waals surface area contributed by atoms with Crippen LogP contribution in [-0.2, 0) is 5.75 Å². The molecule has 0 saturated carbocycles. The molecule has 148 valence electrons. The molecule has 0 bridgehead atoms. The lowest BCUT2D eigenvalue weighted by Crippen LogP contribution is -2.11. The Bertz CT molecular complexity index is 1160. The van der Waals surface area contributed by atoms with Crippen molar-refractivity contribution in [2.24, 2.45) is 0 Å². The Morgan fingerprint density at radius 2 is 1.90 bits per heavy atom. The number of fused-ring (bicyclic) bond motifs is 1. The molecule has 0 saturated heterocycles. The molecule has 0 atom stereocenters. The summed E-state index contributed by atoms with van der Waals surface area (Å²) >= 11 is 9.56. The Morgan fingerprint density at radius 1 is 1.10 bits per heavy atom. The van der Waals surface area contributed by atoms with Crippen molar-refractivity contribution in [2.45, 2.75) is 15.8 Å². The van der Waals surface area contributed by atoms with Gasteiger partial charge < -0.3 is 10.6 Å². The van der Waals surface area contributed by atoms with Crippen molar-refractivity contribution in [3.8, 4) is 17.1 Å². The summed E-state index contributed by atoms with van der Waals surface area (Å²) in [6, 6.07) is 15.8. The summed E-state index contributed by atoms with van der Waals surface area (Å²) in [6.07, 6.45) is 2.04. The van der Waals surface area contributed by atoms with Gasteiger partial charge >= 0.3 is 0 Å². The molecule has 0 aliphatic carbocycles. The molecule has 2 heterocycles. The van der Waals surface area contributed by atoms with Crippen molar-refractivity contribution in [1.82, 2.24) is 19.9 Å². The number of hydrogen-bond acceptors (Lipinski definition) is 7. The highest BCUT2D eigenvalue weighted by Gasteiger charge is 2.14. The number of nitrogens with zero attached hydrogens (tertiary/aromatic N) is 4. The van der Waals surface area contributed by atoms with Gasteiger partial charge in [0.05, 0.1) is 12.6 Å². The average molecular weight is 444 g/mol. The van der Waals surface area contributed by atoms with Crippen LogP contribution in [0, 0.1) is 0 Å². The zero-order chi connectivity index (χ0) is 20.4. The lowest BCUT2D eigenvalue weighted by atomic mass is 10.2. The standard InChI is InChI=1S/C20H18ClN5OS2/c1-27-15-6-3-12(4-7-15)19-24-25-20(26(19)22)29-11-14-9-13-5-8-16(28-2)10-17(13)23-18(14)21/h3-10H,11,22H2,1-2H3. The highest BCUT2D eigenvalue weighted by atomic mass is 35.5. The number of benzene rings is 2. The first-order chi connectivity index (χ1) is 14.1. The van der Waals surface area contributed by atoms with Crippen LogP contribution in [0.4, 0.5) is 0 Å². The first kappa shape index (κ1) is 19.9. The van der Waals surface area contributed by atoms with Crippen LogP contribution in [0.2, 0.25) is 5.15 Å². The van der Waals surface area contributed by atoms with Crippen LogP contribution < -0.4 is 10.6 Å². The predicted molar refractivity (Wildman–Crippen MR) is 120 cm³/mol. The minimum absolute atomic E-state index is 0.488. The van der Waals surface area contributed by atoms with Gasteiger partial charge in [-0.3, -0.25) is 0 Å². The topological polar surface area (TPSA) is 78.9 Å². The number of nitrogens with two attached hydrogens (primary N) is 1. The van der Waals surface area contributed by atoms with Crippen molar-refractivity contribution in [1.29, 1.82) is 0 Å². The minimum atomic E-state index is 0.488. The zero-order valence-corrected chi connectivity index (χ0v) is 18.2. The maximum atomic E-state index is 6.42. The van der Waals surface area contributed by atoms with Crippen LogP contribution >= 0.6 is 35.1 Å². The number of methoxy groups -OCH3 is 1. The number of hydrogen-bond donors (Lipinski definition) is 1. The Morgan fingerprint density at radius 3 is 2.62 bits per heavy atom. The fourth-order valence-electron chi connectivity index (χ4n) is 2.85. The number of nitrogen functional groups attached to an aromatic ring is 1. The van der Waals surface area contributed by atoms with Gasteiger partial charge in [0.15, 0.2) is 5.82 Å². The molecule has 0 unspecified atom stereocenters. The van der Waals surface area contributed by atoms with Crippen LogP contribution in [0.25, 0.3) is 22.3 Å². The van der Waals surface area contributed by atoms with E-state index in [1.54, 1.807) is 18.9 Å². The molecule has 6 nitrogen and oxygen atoms in total. The van der Waals surface area contributed by atoms with E-state index in [0.29, 0.717) is 21.9 Å². The van der Waals surface area contributed by atoms with Gasteiger partial charge in [0, 0.05) is 27.2 Å². The van der Waals surface area contributed by atoms with Crippen molar-refractivity contribution >= 4 is 46.0 Å². The van der Waals surface area contributed by atoms with Crippen LogP contribution in [0.3, 0.4) is 0 Å². The summed E-state index contributed by atoms with van der Waals surface area (Å²) in [5.41, 5.74) is 2.68. The van der Waals surface area contributed by atoms with E-state index >= 15 is 0 Å². The van der Waals surface area contributed by atoms with Gasteiger partial charge in [-0.1, -0.05) is 29.4 Å². The highest BCUT2D eigenvalue weighted by Crippen LogP contribution is 2.30. The molecule has 2 aromatic heterocycles. The number of rotatable bonds is 6. The Balaban J connectivity index is 1.54. The predicted octanol–water partition coefficient (Wildman–Crippen LogP) is 4.88. The van der Waals surface area contributed by atoms with Crippen molar-refractivity contribution in [3.63, 3.8) is 0 Å². The monoisotopic (exact) mass is 443 g/mol. The van der Waals surface area contributed by atoms with E-state index in [-0.39, 0.29) is 0 Å². The third kappa shape index (κ3) is 4.14. The molecule has 29 heavy (non-hydrogen) atoms. The molecular formula is C20H18ClN5OS2. The number of aromatic nitrogens is 4. The summed E-state index contributed by atoms with van der Waals surface area (Å²) in [5, 5.41) is 10.6.